The standard InChI is InChI=1S/C13H24N2S/c1-6-7-10-11(9-14-5)16-12(15-10)8-13(2,3)4/h14H,6-9H2,1-5H3. The van der Waals surface area contributed by atoms with Crippen LogP contribution in [0, 0.1) is 5.41 Å². The molecule has 2 nitrogen and oxygen atoms in total. The lowest BCUT2D eigenvalue weighted by Gasteiger charge is -2.15. The van der Waals surface area contributed by atoms with Gasteiger partial charge in [-0.3, -0.25) is 0 Å². The van der Waals surface area contributed by atoms with Crippen LogP contribution in [0.25, 0.3) is 0 Å². The molecule has 1 aromatic rings. The molecule has 0 atom stereocenters. The maximum absolute atomic E-state index is 4.78. The van der Waals surface area contributed by atoms with E-state index in [0.29, 0.717) is 5.41 Å². The summed E-state index contributed by atoms with van der Waals surface area (Å²) in [6.45, 7) is 9.98. The smallest absolute Gasteiger partial charge is 0.0936 e. The highest BCUT2D eigenvalue weighted by molar-refractivity contribution is 7.11. The van der Waals surface area contributed by atoms with Gasteiger partial charge in [0.05, 0.1) is 10.7 Å². The fourth-order valence-corrected chi connectivity index (χ4v) is 3.12. The van der Waals surface area contributed by atoms with Crippen molar-refractivity contribution in [1.29, 1.82) is 0 Å². The molecule has 16 heavy (non-hydrogen) atoms. The van der Waals surface area contributed by atoms with Crippen molar-refractivity contribution >= 4 is 11.3 Å². The van der Waals surface area contributed by atoms with Gasteiger partial charge in [0.2, 0.25) is 0 Å². The van der Waals surface area contributed by atoms with Gasteiger partial charge in [0.1, 0.15) is 0 Å². The van der Waals surface area contributed by atoms with Gasteiger partial charge < -0.3 is 5.32 Å². The van der Waals surface area contributed by atoms with Crippen LogP contribution in [-0.2, 0) is 19.4 Å². The zero-order valence-electron chi connectivity index (χ0n) is 11.2. The number of hydrogen-bond acceptors (Lipinski definition) is 3. The van der Waals surface area contributed by atoms with E-state index in [1.165, 1.54) is 22.0 Å². The lowest BCUT2D eigenvalue weighted by atomic mass is 9.93. The van der Waals surface area contributed by atoms with Gasteiger partial charge in [0.15, 0.2) is 0 Å². The van der Waals surface area contributed by atoms with Crippen LogP contribution in [0.1, 0.15) is 49.7 Å². The van der Waals surface area contributed by atoms with E-state index in [0.717, 1.165) is 19.4 Å². The van der Waals surface area contributed by atoms with Crippen LogP contribution in [0.3, 0.4) is 0 Å². The van der Waals surface area contributed by atoms with Crippen LogP contribution in [0.15, 0.2) is 0 Å². The molecule has 0 aliphatic rings. The molecular formula is C13H24N2S. The van der Waals surface area contributed by atoms with Crippen LogP contribution in [0.2, 0.25) is 0 Å². The first kappa shape index (κ1) is 13.7. The largest absolute Gasteiger partial charge is 0.315 e. The van der Waals surface area contributed by atoms with E-state index in [4.69, 9.17) is 4.98 Å². The number of hydrogen-bond donors (Lipinski definition) is 1. The third kappa shape index (κ3) is 4.22. The van der Waals surface area contributed by atoms with Gasteiger partial charge in [-0.05, 0) is 18.9 Å². The first-order valence-corrected chi connectivity index (χ1v) is 6.90. The average molecular weight is 240 g/mol. The van der Waals surface area contributed by atoms with Crippen LogP contribution in [0.5, 0.6) is 0 Å². The SMILES string of the molecule is CCCc1nc(CC(C)(C)C)sc1CNC. The molecule has 92 valence electrons. The zero-order chi connectivity index (χ0) is 12.2. The fourth-order valence-electron chi connectivity index (χ4n) is 1.70. The molecule has 1 aromatic heterocycles. The molecule has 1 heterocycles. The molecule has 0 unspecified atom stereocenters. The lowest BCUT2D eigenvalue weighted by molar-refractivity contribution is 0.410. The highest BCUT2D eigenvalue weighted by Crippen LogP contribution is 2.26. The van der Waals surface area contributed by atoms with Crippen molar-refractivity contribution in [3.05, 3.63) is 15.6 Å². The summed E-state index contributed by atoms with van der Waals surface area (Å²) in [7, 11) is 2.00. The molecule has 0 aromatic carbocycles. The Morgan fingerprint density at radius 2 is 2.00 bits per heavy atom. The monoisotopic (exact) mass is 240 g/mol. The Morgan fingerprint density at radius 1 is 1.31 bits per heavy atom. The van der Waals surface area contributed by atoms with Crippen molar-refractivity contribution in [2.45, 2.75) is 53.5 Å². The third-order valence-corrected chi connectivity index (χ3v) is 3.43. The number of rotatable bonds is 5. The average Bonchev–Trinajstić information content (AvgIpc) is 2.46. The third-order valence-electron chi connectivity index (χ3n) is 2.33. The van der Waals surface area contributed by atoms with Crippen molar-refractivity contribution in [3.63, 3.8) is 0 Å². The van der Waals surface area contributed by atoms with Crippen molar-refractivity contribution in [2.75, 3.05) is 7.05 Å². The van der Waals surface area contributed by atoms with E-state index in [9.17, 15) is 0 Å². The van der Waals surface area contributed by atoms with E-state index in [2.05, 4.69) is 33.0 Å². The minimum atomic E-state index is 0.332. The van der Waals surface area contributed by atoms with Crippen LogP contribution in [-0.4, -0.2) is 12.0 Å². The summed E-state index contributed by atoms with van der Waals surface area (Å²) in [5.74, 6) is 0. The van der Waals surface area contributed by atoms with E-state index >= 15 is 0 Å². The maximum atomic E-state index is 4.78. The molecule has 0 aliphatic carbocycles. The topological polar surface area (TPSA) is 24.9 Å². The van der Waals surface area contributed by atoms with Crippen LogP contribution >= 0.6 is 11.3 Å². The van der Waals surface area contributed by atoms with E-state index in [1.807, 2.05) is 18.4 Å². The number of nitrogens with zero attached hydrogens (tertiary/aromatic N) is 1. The minimum Gasteiger partial charge on any atom is -0.315 e. The summed E-state index contributed by atoms with van der Waals surface area (Å²) in [5.41, 5.74) is 1.64. The molecule has 1 rings (SSSR count). The summed E-state index contributed by atoms with van der Waals surface area (Å²) in [4.78, 5) is 6.20. The number of aromatic nitrogens is 1. The summed E-state index contributed by atoms with van der Waals surface area (Å²) < 4.78 is 0. The fraction of sp³-hybridized carbons (Fsp3) is 0.769. The van der Waals surface area contributed by atoms with Gasteiger partial charge in [-0.15, -0.1) is 11.3 Å². The predicted octanol–water partition coefficient (Wildman–Crippen LogP) is 3.40. The first-order valence-electron chi connectivity index (χ1n) is 6.08. The van der Waals surface area contributed by atoms with Gasteiger partial charge in [0, 0.05) is 17.8 Å². The van der Waals surface area contributed by atoms with Crippen molar-refractivity contribution in [3.8, 4) is 0 Å². The highest BCUT2D eigenvalue weighted by Gasteiger charge is 2.16. The van der Waals surface area contributed by atoms with Gasteiger partial charge in [0.25, 0.3) is 0 Å². The van der Waals surface area contributed by atoms with Gasteiger partial charge in [-0.25, -0.2) is 4.98 Å². The molecule has 0 aliphatic heterocycles. The van der Waals surface area contributed by atoms with Crippen LogP contribution < -0.4 is 5.32 Å². The summed E-state index contributed by atoms with van der Waals surface area (Å²) >= 11 is 1.88. The molecule has 0 fully saturated rings. The number of thiazole rings is 1. The van der Waals surface area contributed by atoms with Crippen molar-refractivity contribution < 1.29 is 0 Å². The van der Waals surface area contributed by atoms with Gasteiger partial charge in [-0.1, -0.05) is 34.1 Å². The maximum Gasteiger partial charge on any atom is 0.0936 e. The normalized spacial score (nSPS) is 12.1. The van der Waals surface area contributed by atoms with E-state index in [1.54, 1.807) is 0 Å². The summed E-state index contributed by atoms with van der Waals surface area (Å²) in [5, 5.41) is 4.52. The quantitative estimate of drug-likeness (QED) is 0.853. The molecule has 1 N–H and O–H groups in total. The molecular weight excluding hydrogens is 216 g/mol. The lowest BCUT2D eigenvalue weighted by Crippen LogP contribution is -2.08. The second-order valence-electron chi connectivity index (χ2n) is 5.50. The predicted molar refractivity (Wildman–Crippen MR) is 72.0 cm³/mol. The Bertz CT molecular complexity index is 300. The Hall–Kier alpha value is -0.410. The Morgan fingerprint density at radius 3 is 2.50 bits per heavy atom. The number of aryl methyl sites for hydroxylation is 1. The Labute approximate surface area is 103 Å². The highest BCUT2D eigenvalue weighted by atomic mass is 32.1. The molecule has 0 bridgehead atoms. The molecule has 0 amide bonds. The Kier molecular flexibility index (Phi) is 4.93. The summed E-state index contributed by atoms with van der Waals surface area (Å²) in [6, 6.07) is 0. The molecule has 0 saturated carbocycles. The first-order chi connectivity index (χ1) is 7.46. The van der Waals surface area contributed by atoms with Gasteiger partial charge >= 0.3 is 0 Å². The van der Waals surface area contributed by atoms with Crippen molar-refractivity contribution in [1.82, 2.24) is 10.3 Å². The molecule has 3 heteroatoms. The van der Waals surface area contributed by atoms with Crippen molar-refractivity contribution in [2.24, 2.45) is 5.41 Å². The molecule has 0 saturated heterocycles. The van der Waals surface area contributed by atoms with Crippen LogP contribution in [0.4, 0.5) is 0 Å². The van der Waals surface area contributed by atoms with Gasteiger partial charge in [-0.2, -0.15) is 0 Å². The molecule has 0 radical (unpaired) electrons. The second-order valence-corrected chi connectivity index (χ2v) is 6.66. The minimum absolute atomic E-state index is 0.332. The van der Waals surface area contributed by atoms with E-state index < -0.39 is 0 Å². The second kappa shape index (κ2) is 5.78. The summed E-state index contributed by atoms with van der Waals surface area (Å²) in [6.07, 6.45) is 3.37. The Balaban J connectivity index is 2.83. The van der Waals surface area contributed by atoms with E-state index in [-0.39, 0.29) is 0 Å². The zero-order valence-corrected chi connectivity index (χ0v) is 12.0. The molecule has 0 spiro atoms. The number of nitrogens with one attached hydrogen (secondary N) is 1.